The van der Waals surface area contributed by atoms with Crippen molar-refractivity contribution in [2.45, 2.75) is 19.8 Å². The Labute approximate surface area is 200 Å². The van der Waals surface area contributed by atoms with Gasteiger partial charge in [-0.05, 0) is 68.3 Å². The second-order valence-corrected chi connectivity index (χ2v) is 8.29. The maximum Gasteiger partial charge on any atom is 0.309 e. The van der Waals surface area contributed by atoms with Crippen molar-refractivity contribution in [3.8, 4) is 5.69 Å². The van der Waals surface area contributed by atoms with E-state index in [4.69, 9.17) is 4.74 Å². The number of rotatable bonds is 6. The predicted molar refractivity (Wildman–Crippen MR) is 123 cm³/mol. The lowest BCUT2D eigenvalue weighted by Gasteiger charge is -2.31. The third-order valence-corrected chi connectivity index (χ3v) is 5.72. The predicted octanol–water partition coefficient (Wildman–Crippen LogP) is 3.49. The zero-order chi connectivity index (χ0) is 24.9. The van der Waals surface area contributed by atoms with Crippen molar-refractivity contribution in [3.05, 3.63) is 77.5 Å². The summed E-state index contributed by atoms with van der Waals surface area (Å²) in [6.07, 6.45) is 0.813. The number of hydrogen-bond donors (Lipinski definition) is 1. The van der Waals surface area contributed by atoms with Gasteiger partial charge in [-0.2, -0.15) is 5.10 Å². The van der Waals surface area contributed by atoms with Gasteiger partial charge in [-0.3, -0.25) is 14.4 Å². The third-order valence-electron chi connectivity index (χ3n) is 5.72. The fourth-order valence-corrected chi connectivity index (χ4v) is 3.89. The molecular formula is C25H24F2N4O4. The van der Waals surface area contributed by atoms with Crippen molar-refractivity contribution in [3.63, 3.8) is 0 Å². The Morgan fingerprint density at radius 3 is 2.23 bits per heavy atom. The van der Waals surface area contributed by atoms with Crippen molar-refractivity contribution < 1.29 is 27.9 Å². The Morgan fingerprint density at radius 1 is 1.00 bits per heavy atom. The number of likely N-dealkylation sites (tertiary alicyclic amines) is 1. The number of carbonyl (C=O) groups excluding carboxylic acids is 3. The van der Waals surface area contributed by atoms with Crippen LogP contribution in [0.15, 0.2) is 54.6 Å². The fourth-order valence-electron chi connectivity index (χ4n) is 3.89. The van der Waals surface area contributed by atoms with Crippen molar-refractivity contribution in [1.29, 1.82) is 0 Å². The maximum absolute atomic E-state index is 13.2. The molecule has 0 unspecified atom stereocenters. The molecule has 1 aromatic heterocycles. The number of nitrogens with one attached hydrogen (secondary N) is 1. The second-order valence-electron chi connectivity index (χ2n) is 8.29. The van der Waals surface area contributed by atoms with Crippen LogP contribution in [0, 0.1) is 24.5 Å². The Morgan fingerprint density at radius 2 is 1.60 bits per heavy atom. The van der Waals surface area contributed by atoms with Crippen molar-refractivity contribution >= 4 is 23.6 Å². The number of nitrogens with zero attached hydrogens (tertiary/aromatic N) is 3. The molecule has 2 aromatic carbocycles. The van der Waals surface area contributed by atoms with E-state index in [0.717, 1.165) is 0 Å². The number of halogens is 2. The molecule has 2 amide bonds. The number of esters is 1. The van der Waals surface area contributed by atoms with Crippen LogP contribution in [0.4, 0.5) is 14.6 Å². The SMILES string of the molecule is Cc1cc(NC(=O)COC(=O)C2CCN(C(=O)c3ccc(F)cc3)CC2)n(-c2ccc(F)cc2)n1. The average molecular weight is 482 g/mol. The van der Waals surface area contributed by atoms with Gasteiger partial charge in [0.25, 0.3) is 11.8 Å². The first kappa shape index (κ1) is 24.1. The van der Waals surface area contributed by atoms with E-state index in [0.29, 0.717) is 48.7 Å². The highest BCUT2D eigenvalue weighted by molar-refractivity contribution is 5.94. The van der Waals surface area contributed by atoms with Crippen LogP contribution in [-0.4, -0.2) is 52.2 Å². The van der Waals surface area contributed by atoms with Crippen LogP contribution < -0.4 is 5.32 Å². The molecule has 1 fully saturated rings. The van der Waals surface area contributed by atoms with Crippen molar-refractivity contribution in [2.24, 2.45) is 5.92 Å². The minimum absolute atomic E-state index is 0.218. The van der Waals surface area contributed by atoms with Crippen LogP contribution in [0.3, 0.4) is 0 Å². The first-order valence-corrected chi connectivity index (χ1v) is 11.1. The van der Waals surface area contributed by atoms with Gasteiger partial charge in [-0.25, -0.2) is 13.5 Å². The summed E-state index contributed by atoms with van der Waals surface area (Å²) >= 11 is 0. The summed E-state index contributed by atoms with van der Waals surface area (Å²) in [4.78, 5) is 39.0. The van der Waals surface area contributed by atoms with Gasteiger partial charge >= 0.3 is 5.97 Å². The molecule has 182 valence electrons. The number of carbonyl (C=O) groups is 3. The molecular weight excluding hydrogens is 458 g/mol. The Hall–Kier alpha value is -4.08. The topological polar surface area (TPSA) is 93.5 Å². The summed E-state index contributed by atoms with van der Waals surface area (Å²) < 4.78 is 33.0. The van der Waals surface area contributed by atoms with Gasteiger partial charge in [0.1, 0.15) is 17.5 Å². The summed E-state index contributed by atoms with van der Waals surface area (Å²) in [7, 11) is 0. The minimum Gasteiger partial charge on any atom is -0.455 e. The molecule has 1 aliphatic heterocycles. The quantitative estimate of drug-likeness (QED) is 0.543. The number of aryl methyl sites for hydroxylation is 1. The molecule has 35 heavy (non-hydrogen) atoms. The average Bonchev–Trinajstić information content (AvgIpc) is 3.22. The van der Waals surface area contributed by atoms with Gasteiger partial charge in [-0.1, -0.05) is 0 Å². The van der Waals surface area contributed by atoms with E-state index in [1.165, 1.54) is 53.2 Å². The largest absolute Gasteiger partial charge is 0.455 e. The van der Waals surface area contributed by atoms with E-state index in [1.54, 1.807) is 17.9 Å². The number of anilines is 1. The van der Waals surface area contributed by atoms with Crippen molar-refractivity contribution in [1.82, 2.24) is 14.7 Å². The van der Waals surface area contributed by atoms with Gasteiger partial charge in [0, 0.05) is 24.7 Å². The summed E-state index contributed by atoms with van der Waals surface area (Å²) in [6.45, 7) is 2.00. The molecule has 0 bridgehead atoms. The highest BCUT2D eigenvalue weighted by atomic mass is 19.1. The highest BCUT2D eigenvalue weighted by Crippen LogP contribution is 2.21. The van der Waals surface area contributed by atoms with Gasteiger partial charge in [0.2, 0.25) is 0 Å². The van der Waals surface area contributed by atoms with Crippen LogP contribution in [0.25, 0.3) is 5.69 Å². The molecule has 0 saturated carbocycles. The highest BCUT2D eigenvalue weighted by Gasteiger charge is 2.29. The number of hydrogen-bond acceptors (Lipinski definition) is 5. The monoisotopic (exact) mass is 482 g/mol. The summed E-state index contributed by atoms with van der Waals surface area (Å²) in [5, 5.41) is 6.96. The van der Waals surface area contributed by atoms with Crippen LogP contribution >= 0.6 is 0 Å². The smallest absolute Gasteiger partial charge is 0.309 e. The standard InChI is InChI=1S/C25H24F2N4O4/c1-16-14-22(31(29-16)21-8-6-20(27)7-9-21)28-23(32)15-35-25(34)18-10-12-30(13-11-18)24(33)17-2-4-19(26)5-3-17/h2-9,14,18H,10-13,15H2,1H3,(H,28,32). The Bertz CT molecular complexity index is 1220. The summed E-state index contributed by atoms with van der Waals surface area (Å²) in [5.74, 6) is -2.12. The van der Waals surface area contributed by atoms with Crippen LogP contribution in [0.1, 0.15) is 28.9 Å². The molecule has 0 atom stereocenters. The fraction of sp³-hybridized carbons (Fsp3) is 0.280. The molecule has 8 nitrogen and oxygen atoms in total. The normalized spacial score (nSPS) is 14.0. The lowest BCUT2D eigenvalue weighted by atomic mass is 9.96. The molecule has 1 N–H and O–H groups in total. The number of piperidine rings is 1. The summed E-state index contributed by atoms with van der Waals surface area (Å²) in [5.41, 5.74) is 1.59. The molecule has 1 aliphatic rings. The van der Waals surface area contributed by atoms with E-state index in [9.17, 15) is 23.2 Å². The molecule has 0 aliphatic carbocycles. The van der Waals surface area contributed by atoms with Crippen molar-refractivity contribution in [2.75, 3.05) is 25.0 Å². The minimum atomic E-state index is -0.537. The maximum atomic E-state index is 13.2. The number of benzene rings is 2. The molecule has 3 aromatic rings. The summed E-state index contributed by atoms with van der Waals surface area (Å²) in [6, 6.07) is 12.6. The van der Waals surface area contributed by atoms with E-state index in [-0.39, 0.29) is 11.7 Å². The molecule has 2 heterocycles. The Balaban J connectivity index is 1.27. The van der Waals surface area contributed by atoms with Crippen LogP contribution in [0.5, 0.6) is 0 Å². The molecule has 0 spiro atoms. The van der Waals surface area contributed by atoms with Gasteiger partial charge < -0.3 is 15.0 Å². The van der Waals surface area contributed by atoms with E-state index in [1.807, 2.05) is 0 Å². The third kappa shape index (κ3) is 5.89. The molecule has 0 radical (unpaired) electrons. The van der Waals surface area contributed by atoms with Crippen LogP contribution in [0.2, 0.25) is 0 Å². The first-order chi connectivity index (χ1) is 16.8. The number of aromatic nitrogens is 2. The number of amides is 2. The lowest BCUT2D eigenvalue weighted by molar-refractivity contribution is -0.152. The van der Waals surface area contributed by atoms with Gasteiger partial charge in [-0.15, -0.1) is 0 Å². The Kier molecular flexibility index (Phi) is 7.19. The second kappa shape index (κ2) is 10.5. The molecule has 10 heteroatoms. The molecule has 4 rings (SSSR count). The first-order valence-electron chi connectivity index (χ1n) is 11.1. The lowest BCUT2D eigenvalue weighted by Crippen LogP contribution is -2.41. The van der Waals surface area contributed by atoms with E-state index >= 15 is 0 Å². The van der Waals surface area contributed by atoms with E-state index < -0.39 is 30.2 Å². The zero-order valence-corrected chi connectivity index (χ0v) is 19.0. The van der Waals surface area contributed by atoms with Gasteiger partial charge in [0.15, 0.2) is 6.61 Å². The molecule has 1 saturated heterocycles. The van der Waals surface area contributed by atoms with E-state index in [2.05, 4.69) is 10.4 Å². The zero-order valence-electron chi connectivity index (χ0n) is 19.0. The van der Waals surface area contributed by atoms with Gasteiger partial charge in [0.05, 0.1) is 17.3 Å². The number of ether oxygens (including phenoxy) is 1. The van der Waals surface area contributed by atoms with Crippen LogP contribution in [-0.2, 0) is 14.3 Å².